The van der Waals surface area contributed by atoms with Crippen molar-refractivity contribution in [2.45, 2.75) is 51.7 Å². The van der Waals surface area contributed by atoms with Crippen LogP contribution in [0, 0.1) is 5.92 Å². The van der Waals surface area contributed by atoms with Gasteiger partial charge >= 0.3 is 0 Å². The Hall–Kier alpha value is -3.22. The lowest BCUT2D eigenvalue weighted by Gasteiger charge is -2.22. The van der Waals surface area contributed by atoms with E-state index < -0.39 is 6.04 Å². The molecule has 7 nitrogen and oxygen atoms in total. The van der Waals surface area contributed by atoms with Crippen LogP contribution in [-0.4, -0.2) is 38.2 Å². The Labute approximate surface area is 189 Å². The average Bonchev–Trinajstić information content (AvgIpc) is 3.29. The van der Waals surface area contributed by atoms with E-state index in [0.717, 1.165) is 18.6 Å². The minimum Gasteiger partial charge on any atom is -0.497 e. The summed E-state index contributed by atoms with van der Waals surface area (Å²) >= 11 is 0. The first-order chi connectivity index (χ1) is 15.4. The van der Waals surface area contributed by atoms with E-state index in [-0.39, 0.29) is 23.8 Å². The third kappa shape index (κ3) is 6.15. The molecule has 0 heterocycles. The van der Waals surface area contributed by atoms with Crippen molar-refractivity contribution in [2.75, 3.05) is 19.5 Å². The summed E-state index contributed by atoms with van der Waals surface area (Å²) in [5.74, 6) is 0.946. The third-order valence-electron chi connectivity index (χ3n) is 5.56. The van der Waals surface area contributed by atoms with Gasteiger partial charge in [0.25, 0.3) is 5.91 Å². The van der Waals surface area contributed by atoms with Gasteiger partial charge < -0.3 is 24.8 Å². The molecule has 2 aromatic rings. The van der Waals surface area contributed by atoms with Crippen molar-refractivity contribution in [3.05, 3.63) is 48.0 Å². The van der Waals surface area contributed by atoms with Crippen molar-refractivity contribution in [3.63, 3.8) is 0 Å². The summed E-state index contributed by atoms with van der Waals surface area (Å²) in [6.45, 7) is 3.77. The van der Waals surface area contributed by atoms with Crippen LogP contribution >= 0.6 is 0 Å². The van der Waals surface area contributed by atoms with E-state index in [1.165, 1.54) is 27.1 Å². The summed E-state index contributed by atoms with van der Waals surface area (Å²) in [6, 6.07) is 11.6. The maximum absolute atomic E-state index is 13.0. The number of carbonyl (C=O) groups is 2. The Kier molecular flexibility index (Phi) is 7.98. The number of hydrogen-bond acceptors (Lipinski definition) is 5. The number of amides is 2. The molecule has 2 amide bonds. The Bertz CT molecular complexity index is 915. The van der Waals surface area contributed by atoms with Gasteiger partial charge in [0, 0.05) is 23.4 Å². The van der Waals surface area contributed by atoms with Crippen LogP contribution in [0.5, 0.6) is 17.2 Å². The fourth-order valence-electron chi connectivity index (χ4n) is 3.76. The highest BCUT2D eigenvalue weighted by Gasteiger charge is 2.25. The molecule has 0 aliphatic heterocycles. The van der Waals surface area contributed by atoms with Gasteiger partial charge in [0.2, 0.25) is 5.91 Å². The minimum absolute atomic E-state index is 0.121. The lowest BCUT2D eigenvalue weighted by atomic mass is 10.0. The number of nitrogens with one attached hydrogen (secondary N) is 2. The molecule has 1 saturated carbocycles. The zero-order valence-electron chi connectivity index (χ0n) is 19.1. The number of methoxy groups -OCH3 is 2. The van der Waals surface area contributed by atoms with Crippen LogP contribution in [0.1, 0.15) is 49.9 Å². The molecule has 1 atom stereocenters. The van der Waals surface area contributed by atoms with Crippen LogP contribution in [0.25, 0.3) is 0 Å². The molecule has 2 N–H and O–H groups in total. The molecule has 0 aromatic heterocycles. The average molecular weight is 441 g/mol. The SMILES string of the molecule is COc1cc(OC)cc(C(=O)NC(C(=O)Nc2cccc(OC3CCCC3)c2)C(C)C)c1. The molecule has 1 fully saturated rings. The Morgan fingerprint density at radius 2 is 1.59 bits per heavy atom. The van der Waals surface area contributed by atoms with Crippen LogP contribution in [0.3, 0.4) is 0 Å². The van der Waals surface area contributed by atoms with Gasteiger partial charge in [-0.3, -0.25) is 9.59 Å². The molecule has 0 bridgehead atoms. The maximum atomic E-state index is 13.0. The number of hydrogen-bond donors (Lipinski definition) is 2. The summed E-state index contributed by atoms with van der Waals surface area (Å²) in [5.41, 5.74) is 0.986. The highest BCUT2D eigenvalue weighted by atomic mass is 16.5. The monoisotopic (exact) mass is 440 g/mol. The molecule has 1 unspecified atom stereocenters. The van der Waals surface area contributed by atoms with E-state index in [2.05, 4.69) is 10.6 Å². The summed E-state index contributed by atoms with van der Waals surface area (Å²) < 4.78 is 16.5. The first-order valence-corrected chi connectivity index (χ1v) is 11.0. The number of anilines is 1. The van der Waals surface area contributed by atoms with Crippen molar-refractivity contribution < 1.29 is 23.8 Å². The summed E-state index contributed by atoms with van der Waals surface area (Å²) in [7, 11) is 3.04. The minimum atomic E-state index is -0.723. The van der Waals surface area contributed by atoms with Crippen molar-refractivity contribution in [1.29, 1.82) is 0 Å². The third-order valence-corrected chi connectivity index (χ3v) is 5.56. The quantitative estimate of drug-likeness (QED) is 0.603. The van der Waals surface area contributed by atoms with Crippen LogP contribution in [-0.2, 0) is 4.79 Å². The van der Waals surface area contributed by atoms with Gasteiger partial charge in [-0.05, 0) is 55.9 Å². The molecular formula is C25H32N2O5. The second-order valence-electron chi connectivity index (χ2n) is 8.34. The van der Waals surface area contributed by atoms with Crippen molar-refractivity contribution in [1.82, 2.24) is 5.32 Å². The van der Waals surface area contributed by atoms with Crippen LogP contribution in [0.2, 0.25) is 0 Å². The molecule has 0 saturated heterocycles. The summed E-state index contributed by atoms with van der Waals surface area (Å²) in [4.78, 5) is 25.9. The van der Waals surface area contributed by atoms with Gasteiger partial charge in [0.15, 0.2) is 0 Å². The van der Waals surface area contributed by atoms with Crippen LogP contribution < -0.4 is 24.8 Å². The lowest BCUT2D eigenvalue weighted by Crippen LogP contribution is -2.47. The number of carbonyl (C=O) groups excluding carboxylic acids is 2. The highest BCUT2D eigenvalue weighted by molar-refractivity contribution is 6.01. The molecule has 3 rings (SSSR count). The fourth-order valence-corrected chi connectivity index (χ4v) is 3.76. The van der Waals surface area contributed by atoms with Gasteiger partial charge in [-0.25, -0.2) is 0 Å². The molecular weight excluding hydrogens is 408 g/mol. The van der Waals surface area contributed by atoms with Crippen LogP contribution in [0.4, 0.5) is 5.69 Å². The molecule has 7 heteroatoms. The van der Waals surface area contributed by atoms with E-state index in [0.29, 0.717) is 22.7 Å². The van der Waals surface area contributed by atoms with Gasteiger partial charge in [-0.15, -0.1) is 0 Å². The molecule has 172 valence electrons. The second-order valence-corrected chi connectivity index (χ2v) is 8.34. The first-order valence-electron chi connectivity index (χ1n) is 11.0. The zero-order chi connectivity index (χ0) is 23.1. The normalized spacial score (nSPS) is 14.7. The smallest absolute Gasteiger partial charge is 0.252 e. The topological polar surface area (TPSA) is 85.9 Å². The van der Waals surface area contributed by atoms with Gasteiger partial charge in [0.1, 0.15) is 23.3 Å². The summed E-state index contributed by atoms with van der Waals surface area (Å²) in [6.07, 6.45) is 4.75. The fraction of sp³-hybridized carbons (Fsp3) is 0.440. The van der Waals surface area contributed by atoms with Gasteiger partial charge in [0.05, 0.1) is 20.3 Å². The van der Waals surface area contributed by atoms with Crippen molar-refractivity contribution in [2.24, 2.45) is 5.92 Å². The Morgan fingerprint density at radius 3 is 2.19 bits per heavy atom. The van der Waals surface area contributed by atoms with Gasteiger partial charge in [-0.2, -0.15) is 0 Å². The van der Waals surface area contributed by atoms with Crippen molar-refractivity contribution in [3.8, 4) is 17.2 Å². The van der Waals surface area contributed by atoms with E-state index >= 15 is 0 Å². The predicted octanol–water partition coefficient (Wildman–Crippen LogP) is 4.42. The van der Waals surface area contributed by atoms with E-state index in [1.54, 1.807) is 18.2 Å². The van der Waals surface area contributed by atoms with E-state index in [9.17, 15) is 9.59 Å². The number of ether oxygens (including phenoxy) is 3. The van der Waals surface area contributed by atoms with Crippen molar-refractivity contribution >= 4 is 17.5 Å². The number of rotatable bonds is 9. The molecule has 32 heavy (non-hydrogen) atoms. The molecule has 0 spiro atoms. The highest BCUT2D eigenvalue weighted by Crippen LogP contribution is 2.26. The predicted molar refractivity (Wildman–Crippen MR) is 124 cm³/mol. The molecule has 0 radical (unpaired) electrons. The lowest BCUT2D eigenvalue weighted by molar-refractivity contribution is -0.118. The first kappa shape index (κ1) is 23.4. The zero-order valence-corrected chi connectivity index (χ0v) is 19.1. The molecule has 1 aliphatic rings. The van der Waals surface area contributed by atoms with Crippen LogP contribution in [0.15, 0.2) is 42.5 Å². The maximum Gasteiger partial charge on any atom is 0.252 e. The van der Waals surface area contributed by atoms with E-state index in [1.807, 2.05) is 38.1 Å². The second kappa shape index (κ2) is 10.9. The number of benzene rings is 2. The van der Waals surface area contributed by atoms with E-state index in [4.69, 9.17) is 14.2 Å². The Balaban J connectivity index is 1.69. The van der Waals surface area contributed by atoms with Gasteiger partial charge in [-0.1, -0.05) is 19.9 Å². The molecule has 1 aliphatic carbocycles. The Morgan fingerprint density at radius 1 is 0.938 bits per heavy atom. The molecule has 2 aromatic carbocycles. The standard InChI is InChI=1S/C25H32N2O5/c1-16(2)23(27-24(28)17-12-21(30-3)15-22(13-17)31-4)25(29)26-18-8-7-11-20(14-18)32-19-9-5-6-10-19/h7-8,11-16,19,23H,5-6,9-10H2,1-4H3,(H,26,29)(H,27,28). The summed E-state index contributed by atoms with van der Waals surface area (Å²) in [5, 5.41) is 5.74. The largest absolute Gasteiger partial charge is 0.497 e.